The molecule has 5 nitrogen and oxygen atoms in total. The van der Waals surface area contributed by atoms with Gasteiger partial charge >= 0.3 is 0 Å². The Kier molecular flexibility index (Phi) is 3.84. The molecule has 0 spiro atoms. The van der Waals surface area contributed by atoms with Crippen LogP contribution in [0.4, 0.5) is 0 Å². The third kappa shape index (κ3) is 2.31. The molecule has 0 fully saturated rings. The quantitative estimate of drug-likeness (QED) is 0.812. The number of ether oxygens (including phenoxy) is 3. The van der Waals surface area contributed by atoms with Crippen molar-refractivity contribution in [3.8, 4) is 17.2 Å². The van der Waals surface area contributed by atoms with Crippen LogP contribution in [0.25, 0.3) is 5.69 Å². The summed E-state index contributed by atoms with van der Waals surface area (Å²) in [6.07, 6.45) is 1.81. The van der Waals surface area contributed by atoms with Crippen LogP contribution in [0.2, 0.25) is 0 Å². The molecule has 2 rings (SSSR count). The van der Waals surface area contributed by atoms with Crippen molar-refractivity contribution in [2.75, 3.05) is 21.3 Å². The molecular weight excluding hydrogens is 232 g/mol. The minimum atomic E-state index is 0.408. The molecule has 0 aliphatic carbocycles. The number of benzene rings is 1. The molecular formula is C13H16N2O3. The Hall–Kier alpha value is -2.01. The maximum absolute atomic E-state index is 5.31. The van der Waals surface area contributed by atoms with Gasteiger partial charge in [0.05, 0.1) is 27.0 Å². The predicted octanol–water partition coefficient (Wildman–Crippen LogP) is 2.04. The van der Waals surface area contributed by atoms with E-state index < -0.39 is 0 Å². The maximum Gasteiger partial charge on any atom is 0.162 e. The van der Waals surface area contributed by atoms with E-state index in [9.17, 15) is 0 Å². The van der Waals surface area contributed by atoms with E-state index in [0.717, 1.165) is 17.1 Å². The van der Waals surface area contributed by atoms with Crippen LogP contribution >= 0.6 is 0 Å². The van der Waals surface area contributed by atoms with E-state index >= 15 is 0 Å². The third-order valence-electron chi connectivity index (χ3n) is 2.59. The van der Waals surface area contributed by atoms with E-state index in [0.29, 0.717) is 12.4 Å². The van der Waals surface area contributed by atoms with Crippen molar-refractivity contribution in [3.05, 3.63) is 36.2 Å². The van der Waals surface area contributed by atoms with Gasteiger partial charge in [-0.15, -0.1) is 0 Å². The van der Waals surface area contributed by atoms with Crippen molar-refractivity contribution >= 4 is 0 Å². The maximum atomic E-state index is 5.31. The topological polar surface area (TPSA) is 45.5 Å². The first-order chi connectivity index (χ1) is 8.80. The molecule has 2 aromatic rings. The largest absolute Gasteiger partial charge is 0.494 e. The lowest BCUT2D eigenvalue weighted by atomic mass is 10.3. The summed E-state index contributed by atoms with van der Waals surface area (Å²) in [6, 6.07) is 7.67. The number of para-hydroxylation sites is 2. The standard InChI is InChI=1S/C13H16N2O3/c1-16-9-10-13(18-3)8-15(14-10)11-6-4-5-7-12(11)17-2/h4-8H,9H2,1-3H3. The van der Waals surface area contributed by atoms with Crippen molar-refractivity contribution in [2.24, 2.45) is 0 Å². The number of hydrogen-bond donors (Lipinski definition) is 0. The lowest BCUT2D eigenvalue weighted by molar-refractivity contribution is 0.178. The number of nitrogens with zero attached hydrogens (tertiary/aromatic N) is 2. The average Bonchev–Trinajstić information content (AvgIpc) is 2.82. The highest BCUT2D eigenvalue weighted by atomic mass is 16.5. The molecule has 0 amide bonds. The number of aromatic nitrogens is 2. The summed E-state index contributed by atoms with van der Waals surface area (Å²) in [6.45, 7) is 0.408. The van der Waals surface area contributed by atoms with Gasteiger partial charge in [-0.25, -0.2) is 4.68 Å². The summed E-state index contributed by atoms with van der Waals surface area (Å²) >= 11 is 0. The van der Waals surface area contributed by atoms with E-state index in [2.05, 4.69) is 5.10 Å². The van der Waals surface area contributed by atoms with Crippen LogP contribution in [0.5, 0.6) is 11.5 Å². The van der Waals surface area contributed by atoms with Crippen LogP contribution < -0.4 is 9.47 Å². The van der Waals surface area contributed by atoms with E-state index in [1.165, 1.54) is 0 Å². The Bertz CT molecular complexity index is 523. The average molecular weight is 248 g/mol. The lowest BCUT2D eigenvalue weighted by Gasteiger charge is -2.07. The molecule has 5 heteroatoms. The van der Waals surface area contributed by atoms with Gasteiger partial charge in [-0.05, 0) is 12.1 Å². The molecule has 0 saturated heterocycles. The molecule has 0 bridgehead atoms. The molecule has 0 unspecified atom stereocenters. The summed E-state index contributed by atoms with van der Waals surface area (Å²) in [5.74, 6) is 1.45. The first-order valence-electron chi connectivity index (χ1n) is 5.55. The van der Waals surface area contributed by atoms with Gasteiger partial charge in [-0.3, -0.25) is 0 Å². The fourth-order valence-corrected chi connectivity index (χ4v) is 1.74. The molecule has 0 atom stereocenters. The number of rotatable bonds is 5. The number of hydrogen-bond acceptors (Lipinski definition) is 4. The summed E-state index contributed by atoms with van der Waals surface area (Å²) in [5, 5.41) is 4.44. The highest BCUT2D eigenvalue weighted by Crippen LogP contribution is 2.25. The fourth-order valence-electron chi connectivity index (χ4n) is 1.74. The zero-order valence-electron chi connectivity index (χ0n) is 10.7. The first kappa shape index (κ1) is 12.4. The van der Waals surface area contributed by atoms with Gasteiger partial charge in [-0.2, -0.15) is 5.10 Å². The summed E-state index contributed by atoms with van der Waals surface area (Å²) in [7, 11) is 4.87. The lowest BCUT2D eigenvalue weighted by Crippen LogP contribution is -1.99. The van der Waals surface area contributed by atoms with Crippen molar-refractivity contribution in [2.45, 2.75) is 6.61 Å². The van der Waals surface area contributed by atoms with E-state index in [1.807, 2.05) is 30.5 Å². The molecule has 0 saturated carbocycles. The molecule has 1 heterocycles. The smallest absolute Gasteiger partial charge is 0.162 e. The summed E-state index contributed by atoms with van der Waals surface area (Å²) < 4.78 is 17.4. The predicted molar refractivity (Wildman–Crippen MR) is 67.4 cm³/mol. The van der Waals surface area contributed by atoms with Gasteiger partial charge in [-0.1, -0.05) is 12.1 Å². The second kappa shape index (κ2) is 5.55. The van der Waals surface area contributed by atoms with Crippen LogP contribution in [0, 0.1) is 0 Å². The van der Waals surface area contributed by atoms with E-state index in [4.69, 9.17) is 14.2 Å². The van der Waals surface area contributed by atoms with Gasteiger partial charge < -0.3 is 14.2 Å². The zero-order chi connectivity index (χ0) is 13.0. The van der Waals surface area contributed by atoms with Crippen molar-refractivity contribution in [1.82, 2.24) is 9.78 Å². The van der Waals surface area contributed by atoms with Crippen molar-refractivity contribution in [1.29, 1.82) is 0 Å². The van der Waals surface area contributed by atoms with Gasteiger partial charge in [0.2, 0.25) is 0 Å². The van der Waals surface area contributed by atoms with Crippen LogP contribution in [0.3, 0.4) is 0 Å². The first-order valence-corrected chi connectivity index (χ1v) is 5.55. The van der Waals surface area contributed by atoms with Crippen molar-refractivity contribution in [3.63, 3.8) is 0 Å². The molecule has 0 aliphatic heterocycles. The van der Waals surface area contributed by atoms with Crippen LogP contribution in [0.15, 0.2) is 30.5 Å². The second-order valence-electron chi connectivity index (χ2n) is 3.69. The van der Waals surface area contributed by atoms with E-state index in [-0.39, 0.29) is 0 Å². The Labute approximate surface area is 106 Å². The Morgan fingerprint density at radius 3 is 2.44 bits per heavy atom. The molecule has 0 aliphatic rings. The monoisotopic (exact) mass is 248 g/mol. The molecule has 96 valence electrons. The minimum absolute atomic E-state index is 0.408. The summed E-state index contributed by atoms with van der Waals surface area (Å²) in [4.78, 5) is 0. The van der Waals surface area contributed by atoms with Crippen molar-refractivity contribution < 1.29 is 14.2 Å². The zero-order valence-corrected chi connectivity index (χ0v) is 10.7. The molecule has 1 aromatic carbocycles. The van der Waals surface area contributed by atoms with Crippen LogP contribution in [0.1, 0.15) is 5.69 Å². The SMILES string of the molecule is COCc1nn(-c2ccccc2OC)cc1OC. The normalized spacial score (nSPS) is 10.4. The summed E-state index contributed by atoms with van der Waals surface area (Å²) in [5.41, 5.74) is 1.62. The van der Waals surface area contributed by atoms with Crippen LogP contribution in [-0.4, -0.2) is 31.1 Å². The molecule has 18 heavy (non-hydrogen) atoms. The second-order valence-corrected chi connectivity index (χ2v) is 3.69. The Morgan fingerprint density at radius 2 is 1.78 bits per heavy atom. The highest BCUT2D eigenvalue weighted by molar-refractivity contribution is 5.47. The highest BCUT2D eigenvalue weighted by Gasteiger charge is 2.12. The van der Waals surface area contributed by atoms with Gasteiger partial charge in [0.15, 0.2) is 5.75 Å². The minimum Gasteiger partial charge on any atom is -0.494 e. The Morgan fingerprint density at radius 1 is 1.06 bits per heavy atom. The van der Waals surface area contributed by atoms with Crippen LogP contribution in [-0.2, 0) is 11.3 Å². The molecule has 0 N–H and O–H groups in total. The Balaban J connectivity index is 2.44. The van der Waals surface area contributed by atoms with Gasteiger partial charge in [0, 0.05) is 7.11 Å². The van der Waals surface area contributed by atoms with Gasteiger partial charge in [0.1, 0.15) is 17.1 Å². The molecule has 0 radical (unpaired) electrons. The number of methoxy groups -OCH3 is 3. The van der Waals surface area contributed by atoms with E-state index in [1.54, 1.807) is 26.0 Å². The molecule has 1 aromatic heterocycles. The fraction of sp³-hybridized carbons (Fsp3) is 0.308. The van der Waals surface area contributed by atoms with Gasteiger partial charge in [0.25, 0.3) is 0 Å². The third-order valence-corrected chi connectivity index (χ3v) is 2.59.